The molecule has 0 spiro atoms. The molecule has 6 nitrogen and oxygen atoms in total. The van der Waals surface area contributed by atoms with Gasteiger partial charge in [-0.25, -0.2) is 4.39 Å². The van der Waals surface area contributed by atoms with Crippen LogP contribution in [-0.4, -0.2) is 28.3 Å². The van der Waals surface area contributed by atoms with E-state index in [4.69, 9.17) is 33.3 Å². The molecule has 204 valence electrons. The predicted octanol–water partition coefficient (Wildman–Crippen LogP) is 6.52. The number of halogens is 2. The molecule has 0 radical (unpaired) electrons. The number of nitrogens with zero attached hydrogens (tertiary/aromatic N) is 1. The molecule has 4 bridgehead atoms. The first-order valence-electron chi connectivity index (χ1n) is 13.1. The highest BCUT2D eigenvalue weighted by atomic mass is 35.5. The van der Waals surface area contributed by atoms with Crippen LogP contribution in [0.25, 0.3) is 6.08 Å². The zero-order valence-corrected chi connectivity index (χ0v) is 23.8. The summed E-state index contributed by atoms with van der Waals surface area (Å²) in [6, 6.07) is 9.64. The van der Waals surface area contributed by atoms with Crippen molar-refractivity contribution in [1.29, 1.82) is 0 Å². The highest BCUT2D eigenvalue weighted by Crippen LogP contribution is 2.60. The summed E-state index contributed by atoms with van der Waals surface area (Å²) in [7, 11) is 1.51. The van der Waals surface area contributed by atoms with Crippen LogP contribution in [0.4, 0.5) is 4.39 Å². The Kier molecular flexibility index (Phi) is 7.10. The average Bonchev–Trinajstić information content (AvgIpc) is 3.15. The smallest absolute Gasteiger partial charge is 0.285 e. The summed E-state index contributed by atoms with van der Waals surface area (Å²) in [6.45, 7) is -0.0935. The number of amides is 2. The van der Waals surface area contributed by atoms with E-state index in [0.29, 0.717) is 44.0 Å². The molecule has 1 aliphatic heterocycles. The Bertz CT molecular complexity index is 1340. The minimum atomic E-state index is -0.461. The number of hydrazine groups is 1. The second-order valence-corrected chi connectivity index (χ2v) is 13.1. The van der Waals surface area contributed by atoms with Crippen molar-refractivity contribution in [3.63, 3.8) is 0 Å². The topological polar surface area (TPSA) is 67.9 Å². The lowest BCUT2D eigenvalue weighted by Crippen LogP contribution is -2.57. The molecule has 0 aromatic heterocycles. The third kappa shape index (κ3) is 5.05. The number of thiocarbonyl (C=S) groups is 1. The summed E-state index contributed by atoms with van der Waals surface area (Å²) in [5.41, 5.74) is 3.40. The second-order valence-electron chi connectivity index (χ2n) is 11.1. The Labute approximate surface area is 241 Å². The van der Waals surface area contributed by atoms with Gasteiger partial charge in [0.25, 0.3) is 5.91 Å². The number of carbonyl (C=O) groups is 2. The molecule has 2 aromatic rings. The van der Waals surface area contributed by atoms with Crippen LogP contribution >= 0.6 is 35.6 Å². The van der Waals surface area contributed by atoms with E-state index in [9.17, 15) is 14.0 Å². The standard InChI is InChI=1S/C29H28ClFN2O4S2/c1-36-23-6-5-16(10-24(23)37-15-20-21(30)3-2-4-22(20)31)11-25-26(34)33(28(38)39-25)32-27(35)29-12-17-7-18(13-29)9-19(8-17)14-29/h2-6,10-11,17-19H,7-9,12-15H2,1H3,(H,32,35)/b25-11+. The maximum Gasteiger partial charge on any atom is 0.285 e. The van der Waals surface area contributed by atoms with E-state index >= 15 is 0 Å². The molecule has 10 heteroatoms. The average molecular weight is 587 g/mol. The van der Waals surface area contributed by atoms with Crippen molar-refractivity contribution in [3.8, 4) is 11.5 Å². The van der Waals surface area contributed by atoms with Gasteiger partial charge >= 0.3 is 0 Å². The molecule has 39 heavy (non-hydrogen) atoms. The van der Waals surface area contributed by atoms with E-state index < -0.39 is 5.82 Å². The van der Waals surface area contributed by atoms with E-state index in [0.717, 1.165) is 31.0 Å². The number of hydrogen-bond donors (Lipinski definition) is 1. The Balaban J connectivity index is 1.17. The van der Waals surface area contributed by atoms with Crippen LogP contribution in [0, 0.1) is 29.0 Å². The Morgan fingerprint density at radius 1 is 1.18 bits per heavy atom. The molecule has 4 aliphatic carbocycles. The summed E-state index contributed by atoms with van der Waals surface area (Å²) in [4.78, 5) is 27.2. The summed E-state index contributed by atoms with van der Waals surface area (Å²) < 4.78 is 25.8. The Morgan fingerprint density at radius 2 is 1.87 bits per heavy atom. The largest absolute Gasteiger partial charge is 0.493 e. The van der Waals surface area contributed by atoms with Crippen molar-refractivity contribution in [2.75, 3.05) is 7.11 Å². The zero-order chi connectivity index (χ0) is 27.3. The third-order valence-electron chi connectivity index (χ3n) is 8.45. The highest BCUT2D eigenvalue weighted by Gasteiger charge is 2.55. The maximum atomic E-state index is 14.2. The van der Waals surface area contributed by atoms with Crippen molar-refractivity contribution in [2.24, 2.45) is 23.2 Å². The fraction of sp³-hybridized carbons (Fsp3) is 0.414. The molecule has 2 amide bonds. The number of methoxy groups -OCH3 is 1. The van der Waals surface area contributed by atoms with Crippen LogP contribution in [0.3, 0.4) is 0 Å². The van der Waals surface area contributed by atoms with Gasteiger partial charge in [-0.15, -0.1) is 0 Å². The number of nitrogens with one attached hydrogen (secondary N) is 1. The summed E-state index contributed by atoms with van der Waals surface area (Å²) in [6.07, 6.45) is 8.11. The molecule has 0 unspecified atom stereocenters. The van der Waals surface area contributed by atoms with E-state index in [1.165, 1.54) is 43.5 Å². The first-order valence-corrected chi connectivity index (χ1v) is 14.7. The first-order chi connectivity index (χ1) is 18.7. The maximum absolute atomic E-state index is 14.2. The number of thioether (sulfide) groups is 1. The van der Waals surface area contributed by atoms with Gasteiger partial charge in [-0.05, 0) is 104 Å². The van der Waals surface area contributed by atoms with Crippen molar-refractivity contribution < 1.29 is 23.5 Å². The van der Waals surface area contributed by atoms with Gasteiger partial charge in [0.05, 0.1) is 22.5 Å². The van der Waals surface area contributed by atoms with E-state index in [1.54, 1.807) is 30.3 Å². The van der Waals surface area contributed by atoms with Gasteiger partial charge in [0.15, 0.2) is 15.8 Å². The second kappa shape index (κ2) is 10.4. The van der Waals surface area contributed by atoms with Crippen LogP contribution in [0.2, 0.25) is 5.02 Å². The Morgan fingerprint density at radius 3 is 2.51 bits per heavy atom. The Hall–Kier alpha value is -2.62. The number of ether oxygens (including phenoxy) is 2. The van der Waals surface area contributed by atoms with Crippen LogP contribution < -0.4 is 14.9 Å². The molecule has 2 aromatic carbocycles. The molecule has 5 fully saturated rings. The summed E-state index contributed by atoms with van der Waals surface area (Å²) in [5.74, 6) is 1.78. The zero-order valence-electron chi connectivity index (χ0n) is 21.4. The van der Waals surface area contributed by atoms with Gasteiger partial charge < -0.3 is 9.47 Å². The molecule has 0 atom stereocenters. The van der Waals surface area contributed by atoms with Crippen LogP contribution in [0.5, 0.6) is 11.5 Å². The van der Waals surface area contributed by atoms with Gasteiger partial charge in [0.1, 0.15) is 12.4 Å². The highest BCUT2D eigenvalue weighted by molar-refractivity contribution is 8.26. The lowest BCUT2D eigenvalue weighted by molar-refractivity contribution is -0.152. The summed E-state index contributed by atoms with van der Waals surface area (Å²) >= 11 is 12.8. The van der Waals surface area contributed by atoms with Gasteiger partial charge in [-0.3, -0.25) is 15.0 Å². The quantitative estimate of drug-likeness (QED) is 0.294. The van der Waals surface area contributed by atoms with Gasteiger partial charge in [-0.1, -0.05) is 35.5 Å². The van der Waals surface area contributed by atoms with E-state index in [1.807, 2.05) is 0 Å². The number of benzene rings is 2. The van der Waals surface area contributed by atoms with Gasteiger partial charge in [0, 0.05) is 5.56 Å². The minimum absolute atomic E-state index is 0.0777. The fourth-order valence-electron chi connectivity index (χ4n) is 7.04. The van der Waals surface area contributed by atoms with E-state index in [2.05, 4.69) is 5.43 Å². The van der Waals surface area contributed by atoms with Gasteiger partial charge in [0.2, 0.25) is 5.91 Å². The predicted molar refractivity (Wildman–Crippen MR) is 152 cm³/mol. The normalized spacial score (nSPS) is 28.3. The molecule has 7 rings (SSSR count). The molecule has 1 heterocycles. The molecular formula is C29H28ClFN2O4S2. The van der Waals surface area contributed by atoms with Crippen LogP contribution in [0.15, 0.2) is 41.3 Å². The molecule has 1 saturated heterocycles. The van der Waals surface area contributed by atoms with Crippen molar-refractivity contribution >= 4 is 57.8 Å². The monoisotopic (exact) mass is 586 g/mol. The van der Waals surface area contributed by atoms with Gasteiger partial charge in [-0.2, -0.15) is 5.01 Å². The molecule has 4 saturated carbocycles. The number of carbonyl (C=O) groups excluding carboxylic acids is 2. The van der Waals surface area contributed by atoms with Crippen LogP contribution in [0.1, 0.15) is 49.7 Å². The summed E-state index contributed by atoms with van der Waals surface area (Å²) in [5, 5.41) is 1.48. The van der Waals surface area contributed by atoms with Crippen molar-refractivity contribution in [2.45, 2.75) is 45.1 Å². The third-order valence-corrected chi connectivity index (χ3v) is 10.1. The lowest BCUT2D eigenvalue weighted by atomic mass is 9.49. The first kappa shape index (κ1) is 26.6. The number of rotatable bonds is 7. The molecule has 5 aliphatic rings. The van der Waals surface area contributed by atoms with Crippen LogP contribution in [-0.2, 0) is 16.2 Å². The van der Waals surface area contributed by atoms with Crippen molar-refractivity contribution in [3.05, 3.63) is 63.3 Å². The lowest BCUT2D eigenvalue weighted by Gasteiger charge is -2.55. The minimum Gasteiger partial charge on any atom is -0.493 e. The SMILES string of the molecule is COc1ccc(/C=C2/SC(=S)N(NC(=O)C34CC5CC(CC(C5)C3)C4)C2=O)cc1OCc1c(F)cccc1Cl. The molecular weight excluding hydrogens is 559 g/mol. The number of hydrogen-bond acceptors (Lipinski definition) is 6. The van der Waals surface area contributed by atoms with Crippen molar-refractivity contribution in [1.82, 2.24) is 10.4 Å². The van der Waals surface area contributed by atoms with E-state index in [-0.39, 0.29) is 34.4 Å². The molecule has 1 N–H and O–H groups in total. The fourth-order valence-corrected chi connectivity index (χ4v) is 8.44.